The Morgan fingerprint density at radius 1 is 1.00 bits per heavy atom. The first-order chi connectivity index (χ1) is 13.0. The molecule has 0 saturated carbocycles. The van der Waals surface area contributed by atoms with Gasteiger partial charge in [0.05, 0.1) is 17.7 Å². The van der Waals surface area contributed by atoms with Gasteiger partial charge < -0.3 is 0 Å². The van der Waals surface area contributed by atoms with Crippen molar-refractivity contribution < 1.29 is 8.78 Å². The second-order valence-electron chi connectivity index (χ2n) is 6.23. The van der Waals surface area contributed by atoms with Crippen LogP contribution in [-0.4, -0.2) is 9.13 Å². The molecule has 2 heterocycles. The summed E-state index contributed by atoms with van der Waals surface area (Å²) in [5, 5.41) is 1.70. The third-order valence-electron chi connectivity index (χ3n) is 4.37. The van der Waals surface area contributed by atoms with Gasteiger partial charge in [-0.1, -0.05) is 29.8 Å². The van der Waals surface area contributed by atoms with E-state index in [4.69, 9.17) is 0 Å². The maximum atomic E-state index is 14.3. The zero-order valence-electron chi connectivity index (χ0n) is 14.3. The molecule has 4 rings (SSSR count). The first kappa shape index (κ1) is 17.4. The van der Waals surface area contributed by atoms with E-state index in [9.17, 15) is 18.4 Å². The zero-order chi connectivity index (χ0) is 19.1. The molecule has 2 aromatic heterocycles. The third kappa shape index (κ3) is 3.00. The lowest BCUT2D eigenvalue weighted by Crippen LogP contribution is -2.39. The van der Waals surface area contributed by atoms with Crippen molar-refractivity contribution in [3.8, 4) is 5.69 Å². The summed E-state index contributed by atoms with van der Waals surface area (Å²) in [7, 11) is 0. The summed E-state index contributed by atoms with van der Waals surface area (Å²) in [6, 6.07) is 12.0. The summed E-state index contributed by atoms with van der Waals surface area (Å²) >= 11 is 1.16. The number of hydrogen-bond donors (Lipinski definition) is 0. The number of hydrogen-bond acceptors (Lipinski definition) is 3. The van der Waals surface area contributed by atoms with Gasteiger partial charge in [0.25, 0.3) is 5.56 Å². The van der Waals surface area contributed by atoms with Crippen molar-refractivity contribution in [2.24, 2.45) is 0 Å². The highest BCUT2D eigenvalue weighted by Gasteiger charge is 2.18. The van der Waals surface area contributed by atoms with Crippen molar-refractivity contribution >= 4 is 21.6 Å². The Morgan fingerprint density at radius 2 is 1.74 bits per heavy atom. The van der Waals surface area contributed by atoms with E-state index in [-0.39, 0.29) is 6.54 Å². The molecule has 4 aromatic rings. The molecular formula is C20H14F2N2O2S. The smallest absolute Gasteiger partial charge is 0.288 e. The molecule has 0 unspecified atom stereocenters. The topological polar surface area (TPSA) is 44.0 Å². The van der Waals surface area contributed by atoms with Crippen molar-refractivity contribution in [1.29, 1.82) is 0 Å². The lowest BCUT2D eigenvalue weighted by Gasteiger charge is -2.13. The molecule has 7 heteroatoms. The largest absolute Gasteiger partial charge is 0.336 e. The Labute approximate surface area is 156 Å². The van der Waals surface area contributed by atoms with Crippen molar-refractivity contribution in [2.45, 2.75) is 13.5 Å². The minimum atomic E-state index is -0.839. The van der Waals surface area contributed by atoms with Gasteiger partial charge in [-0.05, 0) is 36.1 Å². The highest BCUT2D eigenvalue weighted by Crippen LogP contribution is 2.19. The summed E-state index contributed by atoms with van der Waals surface area (Å²) < 4.78 is 30.3. The molecule has 0 aliphatic rings. The fraction of sp³-hybridized carbons (Fsp3) is 0.100. The number of halogens is 2. The molecule has 0 N–H and O–H groups in total. The number of aryl methyl sites for hydroxylation is 1. The molecule has 0 aliphatic carbocycles. The van der Waals surface area contributed by atoms with Gasteiger partial charge in [-0.15, -0.1) is 11.3 Å². The van der Waals surface area contributed by atoms with E-state index in [1.165, 1.54) is 4.57 Å². The molecule has 0 saturated heterocycles. The molecule has 0 aliphatic heterocycles. The maximum absolute atomic E-state index is 14.3. The highest BCUT2D eigenvalue weighted by atomic mass is 32.1. The number of aromatic nitrogens is 2. The van der Waals surface area contributed by atoms with Crippen LogP contribution < -0.4 is 11.2 Å². The van der Waals surface area contributed by atoms with Crippen LogP contribution in [0.4, 0.5) is 8.78 Å². The summed E-state index contributed by atoms with van der Waals surface area (Å²) in [6.45, 7) is 2.17. The Bertz CT molecular complexity index is 1270. The maximum Gasteiger partial charge on any atom is 0.336 e. The number of rotatable bonds is 3. The highest BCUT2D eigenvalue weighted by molar-refractivity contribution is 7.17. The van der Waals surface area contributed by atoms with Gasteiger partial charge in [-0.3, -0.25) is 9.36 Å². The van der Waals surface area contributed by atoms with Crippen LogP contribution in [0.1, 0.15) is 11.1 Å². The van der Waals surface area contributed by atoms with Crippen LogP contribution in [-0.2, 0) is 6.54 Å². The minimum absolute atomic E-state index is 0.212. The normalized spacial score (nSPS) is 11.2. The first-order valence-electron chi connectivity index (χ1n) is 8.20. The molecule has 0 fully saturated rings. The van der Waals surface area contributed by atoms with Crippen molar-refractivity contribution in [1.82, 2.24) is 9.13 Å². The first-order valence-corrected chi connectivity index (χ1v) is 9.07. The van der Waals surface area contributed by atoms with E-state index in [0.717, 1.165) is 40.7 Å². The van der Waals surface area contributed by atoms with Crippen LogP contribution in [0, 0.1) is 18.6 Å². The van der Waals surface area contributed by atoms with Crippen LogP contribution in [0.5, 0.6) is 0 Å². The van der Waals surface area contributed by atoms with Gasteiger partial charge >= 0.3 is 5.69 Å². The molecular weight excluding hydrogens is 370 g/mol. The van der Waals surface area contributed by atoms with Gasteiger partial charge in [0, 0.05) is 6.07 Å². The fourth-order valence-electron chi connectivity index (χ4n) is 2.99. The third-order valence-corrected chi connectivity index (χ3v) is 5.26. The van der Waals surface area contributed by atoms with Crippen molar-refractivity contribution in [3.05, 3.63) is 97.5 Å². The van der Waals surface area contributed by atoms with Gasteiger partial charge in [-0.2, -0.15) is 0 Å². The lowest BCUT2D eigenvalue weighted by molar-refractivity contribution is 0.584. The number of thiophene rings is 1. The Morgan fingerprint density at radius 3 is 2.48 bits per heavy atom. The van der Waals surface area contributed by atoms with Crippen LogP contribution in [0.2, 0.25) is 0 Å². The van der Waals surface area contributed by atoms with Gasteiger partial charge in [0.2, 0.25) is 0 Å². The van der Waals surface area contributed by atoms with Crippen LogP contribution in [0.25, 0.3) is 15.9 Å². The average Bonchev–Trinajstić information content (AvgIpc) is 3.13. The molecule has 0 atom stereocenters. The van der Waals surface area contributed by atoms with Gasteiger partial charge in [0.15, 0.2) is 0 Å². The second-order valence-corrected chi connectivity index (χ2v) is 7.14. The van der Waals surface area contributed by atoms with E-state index in [2.05, 4.69) is 0 Å². The second kappa shape index (κ2) is 6.59. The summed E-state index contributed by atoms with van der Waals surface area (Å²) in [4.78, 5) is 25.9. The number of nitrogens with zero attached hydrogens (tertiary/aromatic N) is 2. The van der Waals surface area contributed by atoms with E-state index >= 15 is 0 Å². The molecule has 136 valence electrons. The van der Waals surface area contributed by atoms with Crippen LogP contribution >= 0.6 is 11.3 Å². The molecule has 0 amide bonds. The van der Waals surface area contributed by atoms with Crippen molar-refractivity contribution in [3.63, 3.8) is 0 Å². The quantitative estimate of drug-likeness (QED) is 0.539. The van der Waals surface area contributed by atoms with E-state index in [1.54, 1.807) is 11.4 Å². The summed E-state index contributed by atoms with van der Waals surface area (Å²) in [6.07, 6.45) is 0. The van der Waals surface area contributed by atoms with Crippen molar-refractivity contribution in [2.75, 3.05) is 0 Å². The molecule has 0 bridgehead atoms. The molecule has 2 aromatic carbocycles. The Hall–Kier alpha value is -3.06. The van der Waals surface area contributed by atoms with E-state index < -0.39 is 28.6 Å². The fourth-order valence-corrected chi connectivity index (χ4v) is 3.81. The van der Waals surface area contributed by atoms with E-state index in [0.29, 0.717) is 14.8 Å². The molecule has 0 radical (unpaired) electrons. The Balaban J connectivity index is 2.01. The standard InChI is InChI=1S/C20H14F2N2O2S/c1-12-2-4-13(5-3-12)11-23-16-8-9-27-18(16)19(25)24(20(23)26)17-10-14(21)6-7-15(17)22/h2-10H,11H2,1H3. The Kier molecular flexibility index (Phi) is 4.24. The average molecular weight is 384 g/mol. The zero-order valence-corrected chi connectivity index (χ0v) is 15.1. The molecule has 4 nitrogen and oxygen atoms in total. The minimum Gasteiger partial charge on any atom is -0.288 e. The summed E-state index contributed by atoms with van der Waals surface area (Å²) in [5.74, 6) is -1.57. The SMILES string of the molecule is Cc1ccc(Cn2c(=O)n(-c3cc(F)ccc3F)c(=O)c3sccc32)cc1. The van der Waals surface area contributed by atoms with Crippen LogP contribution in [0.15, 0.2) is 63.5 Å². The predicted molar refractivity (Wildman–Crippen MR) is 102 cm³/mol. The number of benzene rings is 2. The molecule has 0 spiro atoms. The summed E-state index contributed by atoms with van der Waals surface area (Å²) in [5.41, 5.74) is 0.658. The van der Waals surface area contributed by atoms with Gasteiger partial charge in [0.1, 0.15) is 16.3 Å². The molecule has 27 heavy (non-hydrogen) atoms. The monoisotopic (exact) mass is 384 g/mol. The number of fused-ring (bicyclic) bond motifs is 1. The van der Waals surface area contributed by atoms with Gasteiger partial charge in [-0.25, -0.2) is 18.1 Å². The lowest BCUT2D eigenvalue weighted by atomic mass is 10.1. The predicted octanol–water partition coefficient (Wildman–Crippen LogP) is 3.85. The van der Waals surface area contributed by atoms with E-state index in [1.807, 2.05) is 31.2 Å². The van der Waals surface area contributed by atoms with Crippen LogP contribution in [0.3, 0.4) is 0 Å².